The van der Waals surface area contributed by atoms with Crippen molar-refractivity contribution in [1.29, 1.82) is 0 Å². The van der Waals surface area contributed by atoms with E-state index in [4.69, 9.17) is 20.9 Å². The van der Waals surface area contributed by atoms with Gasteiger partial charge in [-0.1, -0.05) is 18.7 Å². The molecule has 2 bridgehead atoms. The lowest BCUT2D eigenvalue weighted by molar-refractivity contribution is -0.192. The summed E-state index contributed by atoms with van der Waals surface area (Å²) in [6.07, 6.45) is 11.3. The number of allylic oxidation sites excluding steroid dienone is 2. The van der Waals surface area contributed by atoms with Gasteiger partial charge in [-0.05, 0) is 94.3 Å². The first-order chi connectivity index (χ1) is 19.7. The van der Waals surface area contributed by atoms with Crippen LogP contribution in [0.15, 0.2) is 48.7 Å². The first-order valence-corrected chi connectivity index (χ1v) is 15.0. The van der Waals surface area contributed by atoms with Crippen molar-refractivity contribution in [3.05, 3.63) is 59.8 Å². The standard InChI is InChI=1S/C32H42N4O5/c1-3-4-21(12-15-33)30(38)35-23-11-13-32(39)25-17-22-8-9-24(40-26(37)10-5-19(2)34)28-27(22)31(32,29(23)41-28)14-16-36(25)18-20-6-7-20/h3-4,8-9,12,15,19-20,23,25,29,39H,1,5-7,10-11,13-14,16-18,33-34H2,2H3,(H,35,38)/b15-12-,21-4+/t19?,23-,25?,29+,31?,32-/m1/s1. The lowest BCUT2D eigenvalue weighted by Crippen LogP contribution is -2.78. The van der Waals surface area contributed by atoms with Crippen LogP contribution in [0.2, 0.25) is 0 Å². The van der Waals surface area contributed by atoms with Crippen LogP contribution in [0.25, 0.3) is 0 Å². The summed E-state index contributed by atoms with van der Waals surface area (Å²) in [4.78, 5) is 28.6. The molecule has 9 heteroatoms. The predicted octanol–water partition coefficient (Wildman–Crippen LogP) is 2.35. The summed E-state index contributed by atoms with van der Waals surface area (Å²) in [6, 6.07) is 3.35. The maximum Gasteiger partial charge on any atom is 0.311 e. The number of esters is 1. The van der Waals surface area contributed by atoms with Gasteiger partial charge in [-0.25, -0.2) is 0 Å². The Kier molecular flexibility index (Phi) is 7.24. The molecule has 1 amide bonds. The highest BCUT2D eigenvalue weighted by Gasteiger charge is 2.73. The van der Waals surface area contributed by atoms with Gasteiger partial charge in [-0.3, -0.25) is 14.5 Å². The maximum atomic E-state index is 13.3. The smallest absolute Gasteiger partial charge is 0.311 e. The minimum atomic E-state index is -1.03. The van der Waals surface area contributed by atoms with Crippen LogP contribution in [-0.2, 0) is 21.4 Å². The zero-order valence-electron chi connectivity index (χ0n) is 23.8. The van der Waals surface area contributed by atoms with Crippen molar-refractivity contribution in [2.24, 2.45) is 17.4 Å². The quantitative estimate of drug-likeness (QED) is 0.147. The number of ether oxygens (including phenoxy) is 2. The maximum absolute atomic E-state index is 13.3. The second kappa shape index (κ2) is 10.6. The molecule has 2 saturated carbocycles. The molecule has 1 aromatic rings. The number of benzene rings is 1. The van der Waals surface area contributed by atoms with Crippen LogP contribution in [0.5, 0.6) is 11.5 Å². The Morgan fingerprint density at radius 1 is 1.32 bits per heavy atom. The molecule has 3 fully saturated rings. The van der Waals surface area contributed by atoms with Crippen molar-refractivity contribution in [1.82, 2.24) is 10.2 Å². The second-order valence-corrected chi connectivity index (χ2v) is 12.6. The van der Waals surface area contributed by atoms with Crippen LogP contribution in [0, 0.1) is 5.92 Å². The summed E-state index contributed by atoms with van der Waals surface area (Å²) in [6.45, 7) is 7.43. The van der Waals surface area contributed by atoms with Crippen molar-refractivity contribution in [2.45, 2.75) is 93.5 Å². The minimum absolute atomic E-state index is 0.0334. The highest BCUT2D eigenvalue weighted by Crippen LogP contribution is 2.65. The Balaban J connectivity index is 1.39. The fourth-order valence-electron chi connectivity index (χ4n) is 7.91. The average Bonchev–Trinajstić information content (AvgIpc) is 3.68. The average molecular weight is 563 g/mol. The number of carbonyl (C=O) groups is 2. The first-order valence-electron chi connectivity index (χ1n) is 15.0. The summed E-state index contributed by atoms with van der Waals surface area (Å²) in [5.41, 5.74) is 12.2. The van der Waals surface area contributed by atoms with Gasteiger partial charge in [0.2, 0.25) is 0 Å². The number of piperidine rings is 1. The van der Waals surface area contributed by atoms with Crippen molar-refractivity contribution in [3.63, 3.8) is 0 Å². The summed E-state index contributed by atoms with van der Waals surface area (Å²) < 4.78 is 12.6. The SMILES string of the molecule is C=C/C=C(\C=C/N)C(=O)N[C@@H]1CC[C@@]2(O)C3Cc4ccc(OC(=O)CCC(C)N)c5c4C2(CCN3CC2CC2)[C@H]1O5. The summed E-state index contributed by atoms with van der Waals surface area (Å²) >= 11 is 0. The van der Waals surface area contributed by atoms with Crippen LogP contribution in [-0.4, -0.2) is 64.8 Å². The van der Waals surface area contributed by atoms with Gasteiger partial charge in [0.05, 0.1) is 17.1 Å². The predicted molar refractivity (Wildman–Crippen MR) is 155 cm³/mol. The van der Waals surface area contributed by atoms with Crippen LogP contribution >= 0.6 is 0 Å². The van der Waals surface area contributed by atoms with E-state index in [-0.39, 0.29) is 36.4 Å². The molecule has 9 nitrogen and oxygen atoms in total. The van der Waals surface area contributed by atoms with Crippen LogP contribution < -0.4 is 26.3 Å². The number of rotatable bonds is 10. The molecular formula is C32H42N4O5. The van der Waals surface area contributed by atoms with Gasteiger partial charge in [-0.2, -0.15) is 0 Å². The highest BCUT2D eigenvalue weighted by molar-refractivity contribution is 5.96. The van der Waals surface area contributed by atoms with E-state index in [0.29, 0.717) is 55.1 Å². The molecule has 0 aromatic heterocycles. The molecule has 6 atom stereocenters. The third-order valence-corrected chi connectivity index (χ3v) is 9.93. The summed E-state index contributed by atoms with van der Waals surface area (Å²) in [5.74, 6) is 0.958. The van der Waals surface area contributed by atoms with Gasteiger partial charge in [0.15, 0.2) is 11.5 Å². The summed E-state index contributed by atoms with van der Waals surface area (Å²) in [5, 5.41) is 15.9. The van der Waals surface area contributed by atoms with Crippen LogP contribution in [0.3, 0.4) is 0 Å². The Bertz CT molecular complexity index is 1300. The van der Waals surface area contributed by atoms with Gasteiger partial charge < -0.3 is 31.4 Å². The van der Waals surface area contributed by atoms with Gasteiger partial charge in [0.1, 0.15) is 6.10 Å². The van der Waals surface area contributed by atoms with E-state index in [1.54, 1.807) is 18.2 Å². The topological polar surface area (TPSA) is 140 Å². The lowest BCUT2D eigenvalue weighted by atomic mass is 9.48. The number of nitrogens with zero attached hydrogens (tertiary/aromatic N) is 1. The van der Waals surface area contributed by atoms with Crippen molar-refractivity contribution in [2.75, 3.05) is 13.1 Å². The normalized spacial score (nSPS) is 32.7. The monoisotopic (exact) mass is 562 g/mol. The Hall–Kier alpha value is -3.14. The molecule has 3 aliphatic carbocycles. The van der Waals surface area contributed by atoms with E-state index >= 15 is 0 Å². The molecule has 6 N–H and O–H groups in total. The molecule has 6 rings (SSSR count). The lowest BCUT2D eigenvalue weighted by Gasteiger charge is -2.64. The molecule has 0 radical (unpaired) electrons. The Morgan fingerprint density at radius 2 is 2.12 bits per heavy atom. The van der Waals surface area contributed by atoms with E-state index < -0.39 is 17.1 Å². The van der Waals surface area contributed by atoms with E-state index in [2.05, 4.69) is 16.8 Å². The molecule has 2 heterocycles. The number of nitrogens with one attached hydrogen (secondary N) is 1. The van der Waals surface area contributed by atoms with Crippen LogP contribution in [0.4, 0.5) is 0 Å². The number of carbonyl (C=O) groups excluding carboxylic acids is 2. The molecule has 1 spiro atoms. The largest absolute Gasteiger partial charge is 0.483 e. The van der Waals surface area contributed by atoms with Gasteiger partial charge in [-0.15, -0.1) is 0 Å². The number of hydrogen-bond donors (Lipinski definition) is 4. The van der Waals surface area contributed by atoms with E-state index in [1.165, 1.54) is 19.0 Å². The number of nitrogens with two attached hydrogens (primary N) is 2. The minimum Gasteiger partial charge on any atom is -0.483 e. The molecule has 2 aliphatic heterocycles. The zero-order valence-corrected chi connectivity index (χ0v) is 23.8. The fourth-order valence-corrected chi connectivity index (χ4v) is 7.91. The van der Waals surface area contributed by atoms with Crippen molar-refractivity contribution in [3.8, 4) is 11.5 Å². The molecule has 41 heavy (non-hydrogen) atoms. The van der Waals surface area contributed by atoms with Gasteiger partial charge in [0, 0.05) is 36.2 Å². The van der Waals surface area contributed by atoms with E-state index in [9.17, 15) is 14.7 Å². The summed E-state index contributed by atoms with van der Waals surface area (Å²) in [7, 11) is 0. The number of amides is 1. The molecule has 1 saturated heterocycles. The van der Waals surface area contributed by atoms with Crippen molar-refractivity contribution < 1.29 is 24.2 Å². The van der Waals surface area contributed by atoms with E-state index in [1.807, 2.05) is 19.1 Å². The molecule has 220 valence electrons. The molecular weight excluding hydrogens is 520 g/mol. The first kappa shape index (κ1) is 28.0. The molecule has 3 unspecified atom stereocenters. The highest BCUT2D eigenvalue weighted by atomic mass is 16.6. The van der Waals surface area contributed by atoms with E-state index in [0.717, 1.165) is 24.2 Å². The fraction of sp³-hybridized carbons (Fsp3) is 0.562. The Labute approximate surface area is 241 Å². The van der Waals surface area contributed by atoms with Crippen molar-refractivity contribution >= 4 is 11.9 Å². The third kappa shape index (κ3) is 4.58. The van der Waals surface area contributed by atoms with Gasteiger partial charge >= 0.3 is 5.97 Å². The Morgan fingerprint density at radius 3 is 2.83 bits per heavy atom. The number of aliphatic hydroxyl groups is 1. The zero-order chi connectivity index (χ0) is 28.9. The third-order valence-electron chi connectivity index (χ3n) is 9.93. The number of likely N-dealkylation sites (tertiary alicyclic amines) is 1. The number of hydrogen-bond acceptors (Lipinski definition) is 8. The van der Waals surface area contributed by atoms with Crippen LogP contribution in [0.1, 0.15) is 63.0 Å². The van der Waals surface area contributed by atoms with Gasteiger partial charge in [0.25, 0.3) is 5.91 Å². The molecule has 1 aromatic carbocycles. The second-order valence-electron chi connectivity index (χ2n) is 12.6. The molecule has 5 aliphatic rings.